The van der Waals surface area contributed by atoms with E-state index in [1.165, 1.54) is 0 Å². The Kier molecular flexibility index (Phi) is 3.21. The molecule has 0 saturated carbocycles. The van der Waals surface area contributed by atoms with Crippen LogP contribution in [0.2, 0.25) is 0 Å². The minimum absolute atomic E-state index is 0.448. The van der Waals surface area contributed by atoms with Gasteiger partial charge in [0.25, 0.3) is 0 Å². The first-order chi connectivity index (χ1) is 9.28. The van der Waals surface area contributed by atoms with Crippen molar-refractivity contribution in [1.29, 1.82) is 0 Å². The van der Waals surface area contributed by atoms with Crippen LogP contribution < -0.4 is 10.1 Å². The number of benzene rings is 1. The Bertz CT molecular complexity index is 555. The SMILES string of the molecule is COc1ccc(-n2nc(C)nc2[C@H]2CCNC2)cc1. The van der Waals surface area contributed by atoms with Gasteiger partial charge in [-0.3, -0.25) is 0 Å². The molecule has 19 heavy (non-hydrogen) atoms. The zero-order valence-electron chi connectivity index (χ0n) is 11.3. The van der Waals surface area contributed by atoms with Gasteiger partial charge in [-0.15, -0.1) is 0 Å². The predicted molar refractivity (Wildman–Crippen MR) is 72.9 cm³/mol. The lowest BCUT2D eigenvalue weighted by molar-refractivity contribution is 0.414. The second-order valence-corrected chi connectivity index (χ2v) is 4.82. The summed E-state index contributed by atoms with van der Waals surface area (Å²) in [5.41, 5.74) is 1.03. The summed E-state index contributed by atoms with van der Waals surface area (Å²) in [4.78, 5) is 4.59. The molecule has 0 radical (unpaired) electrons. The van der Waals surface area contributed by atoms with E-state index in [9.17, 15) is 0 Å². The molecule has 0 unspecified atom stereocenters. The number of hydrogen-bond donors (Lipinski definition) is 1. The van der Waals surface area contributed by atoms with Gasteiger partial charge in [0.05, 0.1) is 12.8 Å². The molecule has 1 saturated heterocycles. The van der Waals surface area contributed by atoms with Crippen LogP contribution >= 0.6 is 0 Å². The maximum Gasteiger partial charge on any atom is 0.148 e. The molecule has 0 bridgehead atoms. The van der Waals surface area contributed by atoms with Crippen LogP contribution in [0.1, 0.15) is 24.0 Å². The molecule has 1 atom stereocenters. The van der Waals surface area contributed by atoms with Crippen LogP contribution in [-0.2, 0) is 0 Å². The first-order valence-electron chi connectivity index (χ1n) is 6.56. The van der Waals surface area contributed by atoms with Crippen LogP contribution in [0.4, 0.5) is 0 Å². The van der Waals surface area contributed by atoms with Crippen molar-refractivity contribution >= 4 is 0 Å². The smallest absolute Gasteiger partial charge is 0.148 e. The molecule has 0 amide bonds. The van der Waals surface area contributed by atoms with Crippen LogP contribution in [0.5, 0.6) is 5.75 Å². The lowest BCUT2D eigenvalue weighted by atomic mass is 10.1. The molecule has 5 heteroatoms. The Morgan fingerprint density at radius 2 is 2.11 bits per heavy atom. The predicted octanol–water partition coefficient (Wildman–Crippen LogP) is 1.66. The molecular formula is C14H18N4O. The Morgan fingerprint density at radius 3 is 2.74 bits per heavy atom. The lowest BCUT2D eigenvalue weighted by Gasteiger charge is -2.10. The maximum atomic E-state index is 5.18. The number of methoxy groups -OCH3 is 1. The van der Waals surface area contributed by atoms with Crippen LogP contribution in [-0.4, -0.2) is 35.0 Å². The molecule has 1 aliphatic rings. The van der Waals surface area contributed by atoms with E-state index < -0.39 is 0 Å². The van der Waals surface area contributed by atoms with Gasteiger partial charge in [-0.25, -0.2) is 9.67 Å². The van der Waals surface area contributed by atoms with Crippen molar-refractivity contribution in [3.8, 4) is 11.4 Å². The minimum Gasteiger partial charge on any atom is -0.497 e. The number of rotatable bonds is 3. The molecule has 5 nitrogen and oxygen atoms in total. The zero-order valence-corrected chi connectivity index (χ0v) is 11.3. The Labute approximate surface area is 112 Å². The van der Waals surface area contributed by atoms with Crippen molar-refractivity contribution < 1.29 is 4.74 Å². The third kappa shape index (κ3) is 2.33. The van der Waals surface area contributed by atoms with Crippen LogP contribution in [0.15, 0.2) is 24.3 Å². The lowest BCUT2D eigenvalue weighted by Crippen LogP contribution is -2.12. The van der Waals surface area contributed by atoms with Gasteiger partial charge in [0.2, 0.25) is 0 Å². The van der Waals surface area contributed by atoms with E-state index in [1.807, 2.05) is 35.9 Å². The van der Waals surface area contributed by atoms with E-state index in [4.69, 9.17) is 4.74 Å². The first kappa shape index (κ1) is 12.2. The van der Waals surface area contributed by atoms with E-state index in [1.54, 1.807) is 7.11 Å². The maximum absolute atomic E-state index is 5.18. The van der Waals surface area contributed by atoms with Gasteiger partial charge in [-0.2, -0.15) is 5.10 Å². The molecule has 2 aromatic rings. The summed E-state index contributed by atoms with van der Waals surface area (Å²) in [5.74, 6) is 3.17. The third-order valence-electron chi connectivity index (χ3n) is 3.48. The molecule has 0 aliphatic carbocycles. The fraction of sp³-hybridized carbons (Fsp3) is 0.429. The van der Waals surface area contributed by atoms with Gasteiger partial charge in [-0.05, 0) is 44.2 Å². The van der Waals surface area contributed by atoms with Crippen LogP contribution in [0.25, 0.3) is 5.69 Å². The molecule has 1 fully saturated rings. The van der Waals surface area contributed by atoms with Crippen molar-refractivity contribution in [1.82, 2.24) is 20.1 Å². The van der Waals surface area contributed by atoms with E-state index in [2.05, 4.69) is 15.4 Å². The quantitative estimate of drug-likeness (QED) is 0.909. The molecule has 100 valence electrons. The van der Waals surface area contributed by atoms with Gasteiger partial charge >= 0.3 is 0 Å². The summed E-state index contributed by atoms with van der Waals surface area (Å²) in [5, 5.41) is 7.89. The van der Waals surface area contributed by atoms with E-state index in [0.29, 0.717) is 5.92 Å². The highest BCUT2D eigenvalue weighted by molar-refractivity contribution is 5.37. The Balaban J connectivity index is 1.98. The van der Waals surface area contributed by atoms with Crippen molar-refractivity contribution in [2.24, 2.45) is 0 Å². The zero-order chi connectivity index (χ0) is 13.2. The largest absolute Gasteiger partial charge is 0.497 e. The number of nitrogens with one attached hydrogen (secondary N) is 1. The highest BCUT2D eigenvalue weighted by Crippen LogP contribution is 2.24. The van der Waals surface area contributed by atoms with E-state index in [0.717, 1.165) is 42.6 Å². The third-order valence-corrected chi connectivity index (χ3v) is 3.48. The van der Waals surface area contributed by atoms with Crippen molar-refractivity contribution in [2.45, 2.75) is 19.3 Å². The second-order valence-electron chi connectivity index (χ2n) is 4.82. The summed E-state index contributed by atoms with van der Waals surface area (Å²) in [6.45, 7) is 3.97. The topological polar surface area (TPSA) is 52.0 Å². The average Bonchev–Trinajstić information content (AvgIpc) is 3.07. The van der Waals surface area contributed by atoms with Crippen LogP contribution in [0.3, 0.4) is 0 Å². The fourth-order valence-corrected chi connectivity index (χ4v) is 2.48. The minimum atomic E-state index is 0.448. The van der Waals surface area contributed by atoms with Crippen molar-refractivity contribution in [2.75, 3.05) is 20.2 Å². The summed E-state index contributed by atoms with van der Waals surface area (Å²) in [6.07, 6.45) is 1.12. The van der Waals surface area contributed by atoms with Gasteiger partial charge < -0.3 is 10.1 Å². The number of aromatic nitrogens is 3. The molecule has 3 rings (SSSR count). The fourth-order valence-electron chi connectivity index (χ4n) is 2.48. The molecule has 1 aromatic heterocycles. The summed E-state index contributed by atoms with van der Waals surface area (Å²) in [7, 11) is 1.67. The molecule has 1 aliphatic heterocycles. The number of ether oxygens (including phenoxy) is 1. The summed E-state index contributed by atoms with van der Waals surface area (Å²) < 4.78 is 7.14. The molecular weight excluding hydrogens is 240 g/mol. The monoisotopic (exact) mass is 258 g/mol. The van der Waals surface area contributed by atoms with E-state index in [-0.39, 0.29) is 0 Å². The van der Waals surface area contributed by atoms with Gasteiger partial charge in [-0.1, -0.05) is 0 Å². The second kappa shape index (κ2) is 5.01. The van der Waals surface area contributed by atoms with Crippen molar-refractivity contribution in [3.05, 3.63) is 35.9 Å². The summed E-state index contributed by atoms with van der Waals surface area (Å²) in [6, 6.07) is 7.92. The summed E-state index contributed by atoms with van der Waals surface area (Å²) >= 11 is 0. The number of nitrogens with zero attached hydrogens (tertiary/aromatic N) is 3. The molecule has 1 N–H and O–H groups in total. The van der Waals surface area contributed by atoms with Gasteiger partial charge in [0.1, 0.15) is 17.4 Å². The van der Waals surface area contributed by atoms with Crippen LogP contribution in [0, 0.1) is 6.92 Å². The molecule has 2 heterocycles. The highest BCUT2D eigenvalue weighted by atomic mass is 16.5. The molecule has 1 aromatic carbocycles. The standard InChI is InChI=1S/C14H18N4O/c1-10-16-14(11-7-8-15-9-11)18(17-10)12-3-5-13(19-2)6-4-12/h3-6,11,15H,7-9H2,1-2H3/t11-/m0/s1. The molecule has 0 spiro atoms. The Hall–Kier alpha value is -1.88. The number of hydrogen-bond acceptors (Lipinski definition) is 4. The Morgan fingerprint density at radius 1 is 1.32 bits per heavy atom. The van der Waals surface area contributed by atoms with Gasteiger partial charge in [0, 0.05) is 12.5 Å². The van der Waals surface area contributed by atoms with Crippen molar-refractivity contribution in [3.63, 3.8) is 0 Å². The van der Waals surface area contributed by atoms with Gasteiger partial charge in [0.15, 0.2) is 0 Å². The highest BCUT2D eigenvalue weighted by Gasteiger charge is 2.23. The normalized spacial score (nSPS) is 18.7. The first-order valence-corrected chi connectivity index (χ1v) is 6.56. The number of aryl methyl sites for hydroxylation is 1. The van der Waals surface area contributed by atoms with E-state index >= 15 is 0 Å². The average molecular weight is 258 g/mol.